The first-order valence-electron chi connectivity index (χ1n) is 9.11. The van der Waals surface area contributed by atoms with Crippen molar-refractivity contribution in [1.29, 1.82) is 0 Å². The Hall–Kier alpha value is -2.09. The number of fused-ring (bicyclic) bond motifs is 1. The first kappa shape index (κ1) is 21.2. The van der Waals surface area contributed by atoms with E-state index in [2.05, 4.69) is 83.4 Å². The Labute approximate surface area is 178 Å². The van der Waals surface area contributed by atoms with E-state index in [0.717, 1.165) is 37.5 Å². The summed E-state index contributed by atoms with van der Waals surface area (Å²) < 4.78 is 2.14. The number of pyridine rings is 1. The normalized spacial score (nSPS) is 11.3. The molecule has 0 aliphatic heterocycles. The topological polar surface area (TPSA) is 45.5 Å². The van der Waals surface area contributed by atoms with Crippen LogP contribution in [0.25, 0.3) is 10.9 Å². The average molecular weight is 477 g/mol. The van der Waals surface area contributed by atoms with Gasteiger partial charge in [0.1, 0.15) is 0 Å². The number of aliphatic imine (C=N–C) groups is 1. The highest BCUT2D eigenvalue weighted by Crippen LogP contribution is 2.16. The zero-order valence-corrected chi connectivity index (χ0v) is 18.6. The Morgan fingerprint density at radius 2 is 2.00 bits per heavy atom. The van der Waals surface area contributed by atoms with Gasteiger partial charge in [0.2, 0.25) is 0 Å². The number of hydrogen-bond donors (Lipinski definition) is 1. The molecule has 0 saturated carbocycles. The number of nitrogens with one attached hydrogen (secondary N) is 1. The zero-order chi connectivity index (χ0) is 18.4. The van der Waals surface area contributed by atoms with E-state index in [4.69, 9.17) is 4.99 Å². The van der Waals surface area contributed by atoms with Crippen molar-refractivity contribution < 1.29 is 0 Å². The number of hydrogen-bond acceptors (Lipinski definition) is 2. The number of benzene rings is 1. The first-order chi connectivity index (χ1) is 12.7. The molecule has 144 valence electrons. The van der Waals surface area contributed by atoms with Gasteiger partial charge in [-0.3, -0.25) is 9.98 Å². The number of rotatable bonds is 6. The summed E-state index contributed by atoms with van der Waals surface area (Å²) in [7, 11) is 4.15. The van der Waals surface area contributed by atoms with Gasteiger partial charge in [0.25, 0.3) is 0 Å². The van der Waals surface area contributed by atoms with Crippen LogP contribution in [0.5, 0.6) is 0 Å². The molecule has 27 heavy (non-hydrogen) atoms. The van der Waals surface area contributed by atoms with Gasteiger partial charge in [-0.05, 0) is 37.1 Å². The molecule has 3 aromatic rings. The van der Waals surface area contributed by atoms with Gasteiger partial charge >= 0.3 is 0 Å². The predicted molar refractivity (Wildman–Crippen MR) is 124 cm³/mol. The summed E-state index contributed by atoms with van der Waals surface area (Å²) in [5.41, 5.74) is 3.58. The summed E-state index contributed by atoms with van der Waals surface area (Å²) in [6.45, 7) is 4.51. The maximum Gasteiger partial charge on any atom is 0.194 e. The van der Waals surface area contributed by atoms with Gasteiger partial charge in [-0.1, -0.05) is 24.3 Å². The maximum absolute atomic E-state index is 4.82. The highest BCUT2D eigenvalue weighted by Gasteiger charge is 2.08. The monoisotopic (exact) mass is 477 g/mol. The van der Waals surface area contributed by atoms with Crippen molar-refractivity contribution in [2.75, 3.05) is 20.1 Å². The smallest absolute Gasteiger partial charge is 0.194 e. The van der Waals surface area contributed by atoms with Crippen LogP contribution in [-0.2, 0) is 20.0 Å². The summed E-state index contributed by atoms with van der Waals surface area (Å²) in [6, 6.07) is 14.6. The largest absolute Gasteiger partial charge is 0.357 e. The van der Waals surface area contributed by atoms with Gasteiger partial charge in [-0.25, -0.2) is 0 Å². The third-order valence-electron chi connectivity index (χ3n) is 4.51. The van der Waals surface area contributed by atoms with Crippen molar-refractivity contribution in [3.8, 4) is 0 Å². The fourth-order valence-electron chi connectivity index (χ4n) is 3.10. The highest BCUT2D eigenvalue weighted by atomic mass is 127. The Morgan fingerprint density at radius 1 is 1.19 bits per heavy atom. The molecular weight excluding hydrogens is 449 g/mol. The van der Waals surface area contributed by atoms with E-state index in [1.54, 1.807) is 0 Å². The molecule has 5 nitrogen and oxygen atoms in total. The lowest BCUT2D eigenvalue weighted by molar-refractivity contribution is 0.462. The van der Waals surface area contributed by atoms with E-state index in [9.17, 15) is 0 Å². The third-order valence-corrected chi connectivity index (χ3v) is 4.51. The molecule has 0 radical (unpaired) electrons. The van der Waals surface area contributed by atoms with E-state index < -0.39 is 0 Å². The van der Waals surface area contributed by atoms with Crippen LogP contribution in [-0.4, -0.2) is 40.5 Å². The van der Waals surface area contributed by atoms with Crippen LogP contribution in [0.4, 0.5) is 0 Å². The van der Waals surface area contributed by atoms with E-state index in [-0.39, 0.29) is 24.0 Å². The molecular formula is C21H28IN5. The molecule has 0 bridgehead atoms. The highest BCUT2D eigenvalue weighted by molar-refractivity contribution is 14.0. The second kappa shape index (κ2) is 10.3. The summed E-state index contributed by atoms with van der Waals surface area (Å²) >= 11 is 0. The van der Waals surface area contributed by atoms with E-state index >= 15 is 0 Å². The van der Waals surface area contributed by atoms with E-state index in [1.807, 2.05) is 12.3 Å². The van der Waals surface area contributed by atoms with Crippen LogP contribution in [0, 0.1) is 0 Å². The molecule has 6 heteroatoms. The quantitative estimate of drug-likeness (QED) is 0.334. The molecule has 0 fully saturated rings. The van der Waals surface area contributed by atoms with Gasteiger partial charge < -0.3 is 14.8 Å². The van der Waals surface area contributed by atoms with Gasteiger partial charge in [-0.2, -0.15) is 0 Å². The van der Waals surface area contributed by atoms with E-state index in [0.29, 0.717) is 0 Å². The van der Waals surface area contributed by atoms with Crippen LogP contribution in [0.2, 0.25) is 0 Å². The third kappa shape index (κ3) is 5.45. The van der Waals surface area contributed by atoms with Crippen molar-refractivity contribution in [3.63, 3.8) is 0 Å². The Kier molecular flexibility index (Phi) is 8.09. The fraction of sp³-hybridized carbons (Fsp3) is 0.333. The van der Waals surface area contributed by atoms with Crippen molar-refractivity contribution >= 4 is 40.8 Å². The van der Waals surface area contributed by atoms with Crippen LogP contribution >= 0.6 is 24.0 Å². The fourth-order valence-corrected chi connectivity index (χ4v) is 3.10. The predicted octanol–water partition coefficient (Wildman–Crippen LogP) is 3.83. The minimum Gasteiger partial charge on any atom is -0.357 e. The van der Waals surface area contributed by atoms with Crippen LogP contribution < -0.4 is 5.32 Å². The Morgan fingerprint density at radius 3 is 2.74 bits per heavy atom. The number of aryl methyl sites for hydroxylation is 1. The van der Waals surface area contributed by atoms with Crippen LogP contribution in [0.1, 0.15) is 18.2 Å². The molecule has 0 spiro atoms. The minimum atomic E-state index is 0. The summed E-state index contributed by atoms with van der Waals surface area (Å²) in [5.74, 6) is 0.932. The van der Waals surface area contributed by atoms with Crippen molar-refractivity contribution in [1.82, 2.24) is 19.8 Å². The Balaban J connectivity index is 0.00000261. The molecule has 0 aliphatic rings. The second-order valence-electron chi connectivity index (χ2n) is 6.44. The number of guanidine groups is 1. The molecule has 0 amide bonds. The molecule has 0 atom stereocenters. The number of halogens is 1. The van der Waals surface area contributed by atoms with Gasteiger partial charge in [0.05, 0.1) is 12.1 Å². The molecule has 1 N–H and O–H groups in total. The lowest BCUT2D eigenvalue weighted by Crippen LogP contribution is -2.39. The van der Waals surface area contributed by atoms with Gasteiger partial charge in [0, 0.05) is 50.7 Å². The van der Waals surface area contributed by atoms with E-state index in [1.165, 1.54) is 16.6 Å². The molecule has 2 heterocycles. The summed E-state index contributed by atoms with van der Waals surface area (Å²) in [5, 5.41) is 4.57. The van der Waals surface area contributed by atoms with Crippen molar-refractivity contribution in [2.45, 2.75) is 19.9 Å². The van der Waals surface area contributed by atoms with Crippen LogP contribution in [0.3, 0.4) is 0 Å². The molecule has 1 aromatic carbocycles. The van der Waals surface area contributed by atoms with Crippen molar-refractivity contribution in [2.24, 2.45) is 12.0 Å². The lowest BCUT2D eigenvalue weighted by atomic mass is 10.1. The molecule has 0 aliphatic carbocycles. The second-order valence-corrected chi connectivity index (χ2v) is 6.44. The van der Waals surface area contributed by atoms with Gasteiger partial charge in [0.15, 0.2) is 5.96 Å². The first-order valence-corrected chi connectivity index (χ1v) is 9.11. The SMILES string of the molecule is CCNC(=NCCc1cccc2cccnc12)N(C)Cc1cccn1C.I. The number of nitrogens with zero attached hydrogens (tertiary/aromatic N) is 4. The standard InChI is InChI=1S/C21H27N5.HI/c1-4-22-21(26(3)16-19-11-7-15-25(19)2)24-14-12-18-9-5-8-17-10-6-13-23-20(17)18;/h5-11,13,15H,4,12,14,16H2,1-3H3,(H,22,24);1H. The molecule has 0 unspecified atom stereocenters. The minimum absolute atomic E-state index is 0. The summed E-state index contributed by atoms with van der Waals surface area (Å²) in [4.78, 5) is 11.5. The molecule has 2 aromatic heterocycles. The van der Waals surface area contributed by atoms with Gasteiger partial charge in [-0.15, -0.1) is 24.0 Å². The lowest BCUT2D eigenvalue weighted by Gasteiger charge is -2.22. The van der Waals surface area contributed by atoms with Crippen molar-refractivity contribution in [3.05, 3.63) is 66.1 Å². The maximum atomic E-state index is 4.82. The number of aromatic nitrogens is 2. The average Bonchev–Trinajstić information content (AvgIpc) is 3.05. The Bertz CT molecular complexity index is 882. The van der Waals surface area contributed by atoms with Crippen LogP contribution in [0.15, 0.2) is 59.9 Å². The molecule has 3 rings (SSSR count). The number of para-hydroxylation sites is 1. The zero-order valence-electron chi connectivity index (χ0n) is 16.2. The summed E-state index contributed by atoms with van der Waals surface area (Å²) in [6.07, 6.45) is 4.80. The molecule has 0 saturated heterocycles.